The van der Waals surface area contributed by atoms with E-state index >= 15 is 0 Å². The van der Waals surface area contributed by atoms with Crippen LogP contribution in [0, 0.1) is 12.8 Å². The number of fused-ring (bicyclic) bond motifs is 1. The van der Waals surface area contributed by atoms with Crippen LogP contribution in [0.1, 0.15) is 48.6 Å². The highest BCUT2D eigenvalue weighted by atomic mass is 16.5. The molecule has 0 amide bonds. The molecule has 0 aliphatic carbocycles. The predicted octanol–water partition coefficient (Wildman–Crippen LogP) is 4.08. The summed E-state index contributed by atoms with van der Waals surface area (Å²) in [6.45, 7) is 9.39. The first-order valence-electron chi connectivity index (χ1n) is 10.4. The van der Waals surface area contributed by atoms with Crippen LogP contribution in [0.4, 0.5) is 11.5 Å². The Balaban J connectivity index is 1.53. The molecule has 3 heterocycles. The molecule has 1 aliphatic rings. The summed E-state index contributed by atoms with van der Waals surface area (Å²) in [6, 6.07) is 8.27. The molecule has 30 heavy (non-hydrogen) atoms. The van der Waals surface area contributed by atoms with Crippen molar-refractivity contribution in [1.82, 2.24) is 20.0 Å². The molecule has 0 spiro atoms. The third kappa shape index (κ3) is 4.43. The molecule has 0 saturated carbocycles. The summed E-state index contributed by atoms with van der Waals surface area (Å²) in [5.41, 5.74) is 3.04. The second kappa shape index (κ2) is 8.79. The Morgan fingerprint density at radius 2 is 1.97 bits per heavy atom. The van der Waals surface area contributed by atoms with Gasteiger partial charge in [0.2, 0.25) is 5.82 Å². The average Bonchev–Trinajstić information content (AvgIpc) is 3.12. The minimum Gasteiger partial charge on any atom is -0.460 e. The Morgan fingerprint density at radius 1 is 1.23 bits per heavy atom. The minimum atomic E-state index is -0.595. The Bertz CT molecular complexity index is 1020. The number of nitrogens with zero attached hydrogens (tertiary/aromatic N) is 4. The number of aromatic nitrogens is 3. The molecule has 1 aliphatic heterocycles. The van der Waals surface area contributed by atoms with E-state index in [2.05, 4.69) is 44.4 Å². The lowest BCUT2D eigenvalue weighted by molar-refractivity contribution is 0.0512. The topological polar surface area (TPSA) is 93.4 Å². The van der Waals surface area contributed by atoms with Crippen molar-refractivity contribution < 1.29 is 14.1 Å². The van der Waals surface area contributed by atoms with E-state index in [1.807, 2.05) is 19.1 Å². The molecule has 4 rings (SSSR count). The van der Waals surface area contributed by atoms with Gasteiger partial charge in [0, 0.05) is 12.2 Å². The van der Waals surface area contributed by atoms with Crippen LogP contribution >= 0.6 is 0 Å². The molecule has 2 aromatic heterocycles. The molecule has 158 valence electrons. The normalized spacial score (nSPS) is 15.4. The lowest BCUT2D eigenvalue weighted by Crippen LogP contribution is -2.32. The fourth-order valence-corrected chi connectivity index (χ4v) is 3.68. The Hall–Kier alpha value is -3.00. The lowest BCUT2D eigenvalue weighted by atomic mass is 9.99. The summed E-state index contributed by atoms with van der Waals surface area (Å²) in [7, 11) is 0. The highest BCUT2D eigenvalue weighted by Gasteiger charge is 2.20. The molecule has 1 aromatic carbocycles. The van der Waals surface area contributed by atoms with Gasteiger partial charge in [0.1, 0.15) is 11.2 Å². The summed E-state index contributed by atoms with van der Waals surface area (Å²) in [6.07, 6.45) is 2.54. The average molecular weight is 409 g/mol. The van der Waals surface area contributed by atoms with Crippen molar-refractivity contribution in [1.29, 1.82) is 0 Å². The Kier molecular flexibility index (Phi) is 5.94. The first-order chi connectivity index (χ1) is 14.5. The zero-order chi connectivity index (χ0) is 21.1. The zero-order valence-electron chi connectivity index (χ0n) is 17.6. The maximum atomic E-state index is 12.1. The monoisotopic (exact) mass is 409 g/mol. The number of aryl methyl sites for hydroxylation is 1. The van der Waals surface area contributed by atoms with Gasteiger partial charge in [0.25, 0.3) is 5.71 Å². The number of carbonyl (C=O) groups excluding carboxylic acids is 1. The van der Waals surface area contributed by atoms with E-state index in [0.29, 0.717) is 16.9 Å². The van der Waals surface area contributed by atoms with Gasteiger partial charge in [0.15, 0.2) is 0 Å². The second-order valence-corrected chi connectivity index (χ2v) is 7.85. The smallest absolute Gasteiger partial charge is 0.376 e. The number of hydrogen-bond donors (Lipinski definition) is 1. The van der Waals surface area contributed by atoms with Crippen LogP contribution in [-0.4, -0.2) is 45.7 Å². The number of ether oxygens (including phenoxy) is 1. The maximum Gasteiger partial charge on any atom is 0.376 e. The van der Waals surface area contributed by atoms with Crippen LogP contribution in [-0.2, 0) is 11.3 Å². The highest BCUT2D eigenvalue weighted by molar-refractivity contribution is 5.94. The van der Waals surface area contributed by atoms with Crippen molar-refractivity contribution in [3.63, 3.8) is 0 Å². The maximum absolute atomic E-state index is 12.1. The second-order valence-electron chi connectivity index (χ2n) is 7.85. The molecule has 8 heteroatoms. The predicted molar refractivity (Wildman–Crippen MR) is 114 cm³/mol. The summed E-state index contributed by atoms with van der Waals surface area (Å²) in [5.74, 6) is 0.652. The number of anilines is 2. The van der Waals surface area contributed by atoms with Gasteiger partial charge >= 0.3 is 5.97 Å². The zero-order valence-corrected chi connectivity index (χ0v) is 17.6. The van der Waals surface area contributed by atoms with Crippen molar-refractivity contribution in [3.05, 3.63) is 41.3 Å². The molecule has 3 aromatic rings. The number of rotatable bonds is 6. The third-order valence-electron chi connectivity index (χ3n) is 5.46. The summed E-state index contributed by atoms with van der Waals surface area (Å²) < 4.78 is 10.3. The summed E-state index contributed by atoms with van der Waals surface area (Å²) in [5, 5.41) is 7.88. The van der Waals surface area contributed by atoms with E-state index in [1.165, 1.54) is 18.4 Å². The SMILES string of the molecule is CCOC(=O)c1nc(Nc2ccc(CN3CCC(C)CC3)cc2)c2c(C)noc2n1. The van der Waals surface area contributed by atoms with Crippen molar-refractivity contribution in [3.8, 4) is 0 Å². The molecule has 1 fully saturated rings. The molecule has 0 radical (unpaired) electrons. The van der Waals surface area contributed by atoms with Crippen molar-refractivity contribution in [2.45, 2.75) is 40.2 Å². The number of likely N-dealkylation sites (tertiary alicyclic amines) is 1. The van der Waals surface area contributed by atoms with E-state index in [9.17, 15) is 4.79 Å². The number of piperidine rings is 1. The Morgan fingerprint density at radius 3 is 2.67 bits per heavy atom. The van der Waals surface area contributed by atoms with E-state index in [0.717, 1.165) is 31.2 Å². The Labute approximate surface area is 175 Å². The minimum absolute atomic E-state index is 0.0565. The van der Waals surface area contributed by atoms with Crippen molar-refractivity contribution in [2.24, 2.45) is 5.92 Å². The molecular weight excluding hydrogens is 382 g/mol. The van der Waals surface area contributed by atoms with E-state index in [-0.39, 0.29) is 18.1 Å². The third-order valence-corrected chi connectivity index (χ3v) is 5.46. The van der Waals surface area contributed by atoms with Gasteiger partial charge in [0.05, 0.1) is 12.3 Å². The van der Waals surface area contributed by atoms with Gasteiger partial charge in [-0.15, -0.1) is 0 Å². The van der Waals surface area contributed by atoms with E-state index < -0.39 is 5.97 Å². The summed E-state index contributed by atoms with van der Waals surface area (Å²) in [4.78, 5) is 23.1. The van der Waals surface area contributed by atoms with E-state index in [4.69, 9.17) is 9.26 Å². The quantitative estimate of drug-likeness (QED) is 0.609. The molecular formula is C22H27N5O3. The number of esters is 1. The molecule has 0 atom stereocenters. The van der Waals surface area contributed by atoms with Crippen LogP contribution < -0.4 is 5.32 Å². The standard InChI is InChI=1S/C22H27N5O3/c1-4-29-22(28)20-24-19(18-15(3)26-30-21(18)25-20)23-17-7-5-16(6-8-17)13-27-11-9-14(2)10-12-27/h5-8,14H,4,9-13H2,1-3H3,(H,23,24,25). The number of carbonyl (C=O) groups is 1. The van der Waals surface area contributed by atoms with Gasteiger partial charge in [-0.1, -0.05) is 24.2 Å². The lowest BCUT2D eigenvalue weighted by Gasteiger charge is -2.30. The number of benzene rings is 1. The van der Waals surface area contributed by atoms with Gasteiger partial charge in [-0.2, -0.15) is 4.98 Å². The van der Waals surface area contributed by atoms with Gasteiger partial charge in [-0.3, -0.25) is 4.90 Å². The highest BCUT2D eigenvalue weighted by Crippen LogP contribution is 2.27. The van der Waals surface area contributed by atoms with Crippen LogP contribution in [0.2, 0.25) is 0 Å². The molecule has 0 bridgehead atoms. The first kappa shape index (κ1) is 20.3. The van der Waals surface area contributed by atoms with Gasteiger partial charge in [-0.05, 0) is 63.4 Å². The van der Waals surface area contributed by atoms with E-state index in [1.54, 1.807) is 6.92 Å². The fourth-order valence-electron chi connectivity index (χ4n) is 3.68. The van der Waals surface area contributed by atoms with Crippen LogP contribution in [0.25, 0.3) is 11.1 Å². The molecule has 8 nitrogen and oxygen atoms in total. The number of hydrogen-bond acceptors (Lipinski definition) is 8. The molecule has 1 N–H and O–H groups in total. The van der Waals surface area contributed by atoms with Crippen LogP contribution in [0.5, 0.6) is 0 Å². The summed E-state index contributed by atoms with van der Waals surface area (Å²) >= 11 is 0. The fraction of sp³-hybridized carbons (Fsp3) is 0.455. The first-order valence-corrected chi connectivity index (χ1v) is 10.4. The molecule has 1 saturated heterocycles. The van der Waals surface area contributed by atoms with Crippen molar-refractivity contribution >= 4 is 28.6 Å². The van der Waals surface area contributed by atoms with Crippen molar-refractivity contribution in [2.75, 3.05) is 25.0 Å². The van der Waals surface area contributed by atoms with Crippen LogP contribution in [0.15, 0.2) is 28.8 Å². The van der Waals surface area contributed by atoms with Gasteiger partial charge in [-0.25, -0.2) is 9.78 Å². The van der Waals surface area contributed by atoms with Gasteiger partial charge < -0.3 is 14.6 Å². The largest absolute Gasteiger partial charge is 0.460 e. The molecule has 0 unspecified atom stereocenters. The van der Waals surface area contributed by atoms with Crippen LogP contribution in [0.3, 0.4) is 0 Å². The number of nitrogens with one attached hydrogen (secondary N) is 1.